The maximum Gasteiger partial charge on any atom is 0.328 e. The summed E-state index contributed by atoms with van der Waals surface area (Å²) in [4.78, 5) is 10.3. The summed E-state index contributed by atoms with van der Waals surface area (Å²) >= 11 is 0. The maximum absolute atomic E-state index is 10.3. The van der Waals surface area contributed by atoms with Gasteiger partial charge in [-0.05, 0) is 18.2 Å². The lowest BCUT2D eigenvalue weighted by atomic mass is 10.2. The molecule has 0 atom stereocenters. The van der Waals surface area contributed by atoms with Gasteiger partial charge in [0.25, 0.3) is 0 Å². The van der Waals surface area contributed by atoms with Crippen LogP contribution >= 0.6 is 0 Å². The number of benzene rings is 1. The van der Waals surface area contributed by atoms with E-state index >= 15 is 0 Å². The topological polar surface area (TPSA) is 50.4 Å². The summed E-state index contributed by atoms with van der Waals surface area (Å²) in [7, 11) is 0. The minimum atomic E-state index is -0.981. The van der Waals surface area contributed by atoms with E-state index in [2.05, 4.69) is 0 Å². The summed E-state index contributed by atoms with van der Waals surface area (Å²) in [5, 5.41) is 9.39. The van der Waals surface area contributed by atoms with Crippen molar-refractivity contribution in [3.63, 3.8) is 0 Å². The summed E-state index contributed by atoms with van der Waals surface area (Å²) in [6.07, 6.45) is 2.49. The SMILES string of the molecule is O=C(O)C=Cc1cc2ccccc2o1. The molecule has 3 heteroatoms. The highest BCUT2D eigenvalue weighted by atomic mass is 16.4. The zero-order valence-corrected chi connectivity index (χ0v) is 7.31. The molecular formula is C11H8O3. The average molecular weight is 188 g/mol. The molecule has 0 unspecified atom stereocenters. The Balaban J connectivity index is 2.40. The van der Waals surface area contributed by atoms with Crippen molar-refractivity contribution in [2.75, 3.05) is 0 Å². The van der Waals surface area contributed by atoms with Crippen LogP contribution in [0.15, 0.2) is 40.8 Å². The fourth-order valence-electron chi connectivity index (χ4n) is 1.24. The number of rotatable bonds is 2. The average Bonchev–Trinajstić information content (AvgIpc) is 2.57. The van der Waals surface area contributed by atoms with E-state index < -0.39 is 5.97 Å². The van der Waals surface area contributed by atoms with Crippen molar-refractivity contribution in [1.29, 1.82) is 0 Å². The fourth-order valence-corrected chi connectivity index (χ4v) is 1.24. The van der Waals surface area contributed by atoms with Crippen LogP contribution in [0, 0.1) is 0 Å². The van der Waals surface area contributed by atoms with Gasteiger partial charge in [-0.25, -0.2) is 4.79 Å². The smallest absolute Gasteiger partial charge is 0.328 e. The predicted molar refractivity (Wildman–Crippen MR) is 52.9 cm³/mol. The third-order valence-electron chi connectivity index (χ3n) is 1.83. The van der Waals surface area contributed by atoms with Gasteiger partial charge in [0.1, 0.15) is 11.3 Å². The quantitative estimate of drug-likeness (QED) is 0.736. The van der Waals surface area contributed by atoms with Crippen LogP contribution in [-0.2, 0) is 4.79 Å². The van der Waals surface area contributed by atoms with Gasteiger partial charge in [0.05, 0.1) is 0 Å². The molecule has 0 radical (unpaired) electrons. The second-order valence-corrected chi connectivity index (χ2v) is 2.86. The van der Waals surface area contributed by atoms with Crippen LogP contribution in [0.4, 0.5) is 0 Å². The number of hydrogen-bond donors (Lipinski definition) is 1. The van der Waals surface area contributed by atoms with Gasteiger partial charge in [0.15, 0.2) is 0 Å². The Hall–Kier alpha value is -2.03. The van der Waals surface area contributed by atoms with Gasteiger partial charge in [-0.1, -0.05) is 18.2 Å². The molecule has 0 aliphatic carbocycles. The monoisotopic (exact) mass is 188 g/mol. The summed E-state index contributed by atoms with van der Waals surface area (Å²) in [6.45, 7) is 0. The highest BCUT2D eigenvalue weighted by molar-refractivity contribution is 5.86. The largest absolute Gasteiger partial charge is 0.478 e. The molecule has 0 aliphatic heterocycles. The van der Waals surface area contributed by atoms with Gasteiger partial charge < -0.3 is 9.52 Å². The number of para-hydroxylation sites is 1. The van der Waals surface area contributed by atoms with Crippen molar-refractivity contribution in [3.8, 4) is 0 Å². The molecule has 0 saturated heterocycles. The van der Waals surface area contributed by atoms with Crippen molar-refractivity contribution in [2.24, 2.45) is 0 Å². The molecule has 0 saturated carbocycles. The molecule has 2 aromatic rings. The summed E-state index contributed by atoms with van der Waals surface area (Å²) in [6, 6.07) is 9.33. The van der Waals surface area contributed by atoms with E-state index in [-0.39, 0.29) is 0 Å². The molecule has 0 amide bonds. The van der Waals surface area contributed by atoms with Crippen molar-refractivity contribution < 1.29 is 14.3 Å². The number of fused-ring (bicyclic) bond motifs is 1. The van der Waals surface area contributed by atoms with E-state index in [4.69, 9.17) is 9.52 Å². The highest BCUT2D eigenvalue weighted by Gasteiger charge is 1.99. The molecule has 0 spiro atoms. The van der Waals surface area contributed by atoms with E-state index in [0.717, 1.165) is 17.0 Å². The minimum Gasteiger partial charge on any atom is -0.478 e. The first-order chi connectivity index (χ1) is 6.75. The molecule has 0 bridgehead atoms. The predicted octanol–water partition coefficient (Wildman–Crippen LogP) is 2.53. The summed E-state index contributed by atoms with van der Waals surface area (Å²) in [5.74, 6) is -0.431. The molecule has 14 heavy (non-hydrogen) atoms. The Labute approximate surface area is 80.3 Å². The lowest BCUT2D eigenvalue weighted by Crippen LogP contribution is -1.84. The molecule has 1 aromatic carbocycles. The zero-order chi connectivity index (χ0) is 9.97. The first kappa shape index (κ1) is 8.56. The van der Waals surface area contributed by atoms with Crippen molar-refractivity contribution in [3.05, 3.63) is 42.2 Å². The van der Waals surface area contributed by atoms with E-state index in [1.54, 1.807) is 6.07 Å². The number of furan rings is 1. The molecule has 0 aliphatic rings. The first-order valence-corrected chi connectivity index (χ1v) is 4.15. The lowest BCUT2D eigenvalue weighted by Gasteiger charge is -1.83. The Morgan fingerprint density at radius 3 is 2.86 bits per heavy atom. The lowest BCUT2D eigenvalue weighted by molar-refractivity contribution is -0.131. The van der Waals surface area contributed by atoms with Crippen LogP contribution in [0.5, 0.6) is 0 Å². The summed E-state index contributed by atoms with van der Waals surface area (Å²) in [5.41, 5.74) is 0.762. The maximum atomic E-state index is 10.3. The molecule has 1 N–H and O–H groups in total. The molecule has 3 nitrogen and oxygen atoms in total. The van der Waals surface area contributed by atoms with Crippen molar-refractivity contribution in [1.82, 2.24) is 0 Å². The standard InChI is InChI=1S/C11H8O3/c12-11(13)6-5-9-7-8-3-1-2-4-10(8)14-9/h1-7H,(H,12,13). The van der Waals surface area contributed by atoms with Crippen molar-refractivity contribution >= 4 is 23.0 Å². The van der Waals surface area contributed by atoms with Crippen LogP contribution in [0.3, 0.4) is 0 Å². The second-order valence-electron chi connectivity index (χ2n) is 2.86. The second kappa shape index (κ2) is 3.38. The van der Waals surface area contributed by atoms with E-state index in [9.17, 15) is 4.79 Å². The molecule has 1 aromatic heterocycles. The number of aliphatic carboxylic acids is 1. The van der Waals surface area contributed by atoms with Crippen molar-refractivity contribution in [2.45, 2.75) is 0 Å². The molecule has 1 heterocycles. The molecule has 70 valence electrons. The first-order valence-electron chi connectivity index (χ1n) is 4.15. The van der Waals surface area contributed by atoms with Gasteiger partial charge in [0, 0.05) is 11.5 Å². The number of carboxylic acid groups (broad SMARTS) is 1. The Morgan fingerprint density at radius 1 is 1.36 bits per heavy atom. The number of carbonyl (C=O) groups is 1. The van der Waals surface area contributed by atoms with E-state index in [1.165, 1.54) is 6.08 Å². The number of hydrogen-bond acceptors (Lipinski definition) is 2. The van der Waals surface area contributed by atoms with Crippen LogP contribution in [-0.4, -0.2) is 11.1 Å². The van der Waals surface area contributed by atoms with Crippen LogP contribution < -0.4 is 0 Å². The fraction of sp³-hybridized carbons (Fsp3) is 0. The Bertz CT molecular complexity index is 461. The van der Waals surface area contributed by atoms with E-state index in [0.29, 0.717) is 5.76 Å². The zero-order valence-electron chi connectivity index (χ0n) is 7.31. The van der Waals surface area contributed by atoms with Gasteiger partial charge in [-0.2, -0.15) is 0 Å². The summed E-state index contributed by atoms with van der Waals surface area (Å²) < 4.78 is 5.37. The van der Waals surface area contributed by atoms with Gasteiger partial charge >= 0.3 is 5.97 Å². The molecule has 0 fully saturated rings. The Morgan fingerprint density at radius 2 is 2.14 bits per heavy atom. The van der Waals surface area contributed by atoms with Gasteiger partial charge in [-0.15, -0.1) is 0 Å². The van der Waals surface area contributed by atoms with Gasteiger partial charge in [0.2, 0.25) is 0 Å². The minimum absolute atomic E-state index is 0.550. The van der Waals surface area contributed by atoms with Gasteiger partial charge in [-0.3, -0.25) is 0 Å². The highest BCUT2D eigenvalue weighted by Crippen LogP contribution is 2.19. The molecular weight excluding hydrogens is 180 g/mol. The van der Waals surface area contributed by atoms with Crippen LogP contribution in [0.1, 0.15) is 5.76 Å². The number of carboxylic acids is 1. The Kier molecular flexibility index (Phi) is 2.07. The van der Waals surface area contributed by atoms with Crippen LogP contribution in [0.25, 0.3) is 17.0 Å². The third-order valence-corrected chi connectivity index (χ3v) is 1.83. The van der Waals surface area contributed by atoms with Crippen LogP contribution in [0.2, 0.25) is 0 Å². The van der Waals surface area contributed by atoms with E-state index in [1.807, 2.05) is 24.3 Å². The molecule has 2 rings (SSSR count). The third kappa shape index (κ3) is 1.66. The normalized spacial score (nSPS) is 11.1.